The number of carbonyl (C=O) groups excluding carboxylic acids is 2. The van der Waals surface area contributed by atoms with Crippen LogP contribution in [-0.4, -0.2) is 42.7 Å². The summed E-state index contributed by atoms with van der Waals surface area (Å²) >= 11 is 4.47. The van der Waals surface area contributed by atoms with Gasteiger partial charge in [-0.05, 0) is 62.4 Å². The lowest BCUT2D eigenvalue weighted by Crippen LogP contribution is -2.53. The molecular weight excluding hydrogens is 493 g/mol. The number of carbonyl (C=O) groups is 2. The third-order valence-corrected chi connectivity index (χ3v) is 6.94. The van der Waals surface area contributed by atoms with Gasteiger partial charge in [-0.15, -0.1) is 13.2 Å². The number of rotatable bonds is 10. The molecule has 1 atom stereocenters. The minimum absolute atomic E-state index is 0.114. The van der Waals surface area contributed by atoms with Crippen LogP contribution in [0.3, 0.4) is 0 Å². The molecule has 2 aromatic carbocycles. The van der Waals surface area contributed by atoms with Gasteiger partial charge >= 0.3 is 6.36 Å². The van der Waals surface area contributed by atoms with Crippen molar-refractivity contribution in [2.75, 3.05) is 17.7 Å². The van der Waals surface area contributed by atoms with E-state index in [2.05, 4.69) is 28.0 Å². The second-order valence-electron chi connectivity index (χ2n) is 8.87. The summed E-state index contributed by atoms with van der Waals surface area (Å²) in [6.07, 6.45) is -1.75. The van der Waals surface area contributed by atoms with Crippen molar-refractivity contribution in [3.05, 3.63) is 60.2 Å². The van der Waals surface area contributed by atoms with E-state index in [9.17, 15) is 22.8 Å². The Kier molecular flexibility index (Phi) is 9.67. The standard InChI is InChI=1S/C26H31F3N2O4S/c1-2-34-20-12-14-25(17-36,15-13-20)24(33)31-22(16-18-6-4-3-5-7-18)23(32)30-19-8-10-21(11-9-19)35-26(27,28)29/h3-11,20,22,36H,2,12-17H2,1H3,(H,30,32)(H,31,33)/t20-,22-,25+/m0/s1. The zero-order chi connectivity index (χ0) is 26.2. The van der Waals surface area contributed by atoms with Crippen LogP contribution in [0.4, 0.5) is 18.9 Å². The average Bonchev–Trinajstić information content (AvgIpc) is 2.85. The van der Waals surface area contributed by atoms with Crippen LogP contribution in [0, 0.1) is 5.41 Å². The molecule has 0 aliphatic heterocycles. The fourth-order valence-corrected chi connectivity index (χ4v) is 4.80. The molecule has 1 aliphatic rings. The van der Waals surface area contributed by atoms with Gasteiger partial charge in [0.25, 0.3) is 0 Å². The molecule has 0 heterocycles. The molecule has 10 heteroatoms. The summed E-state index contributed by atoms with van der Waals surface area (Å²) in [5.74, 6) is -0.766. The predicted octanol–water partition coefficient (Wildman–Crippen LogP) is 5.15. The Morgan fingerprint density at radius 2 is 1.72 bits per heavy atom. The Balaban J connectivity index is 1.73. The Morgan fingerprint density at radius 1 is 1.08 bits per heavy atom. The van der Waals surface area contributed by atoms with Crippen LogP contribution in [0.5, 0.6) is 5.75 Å². The largest absolute Gasteiger partial charge is 0.573 e. The van der Waals surface area contributed by atoms with Crippen molar-refractivity contribution in [2.24, 2.45) is 5.41 Å². The molecule has 36 heavy (non-hydrogen) atoms. The summed E-state index contributed by atoms with van der Waals surface area (Å²) in [6, 6.07) is 13.2. The minimum Gasteiger partial charge on any atom is -0.406 e. The van der Waals surface area contributed by atoms with Gasteiger partial charge in [-0.3, -0.25) is 9.59 Å². The summed E-state index contributed by atoms with van der Waals surface area (Å²) in [5, 5.41) is 5.61. The number of hydrogen-bond acceptors (Lipinski definition) is 5. The average molecular weight is 525 g/mol. The van der Waals surface area contributed by atoms with E-state index in [1.54, 1.807) is 0 Å². The third kappa shape index (κ3) is 7.89. The van der Waals surface area contributed by atoms with Gasteiger partial charge < -0.3 is 20.1 Å². The van der Waals surface area contributed by atoms with Crippen LogP contribution in [-0.2, 0) is 20.7 Å². The SMILES string of the molecule is CCO[C@H]1CC[C@@](CS)(C(=O)N[C@@H](Cc2ccccc2)C(=O)Nc2ccc(OC(F)(F)F)cc2)CC1. The van der Waals surface area contributed by atoms with E-state index in [0.717, 1.165) is 30.5 Å². The smallest absolute Gasteiger partial charge is 0.406 e. The lowest BCUT2D eigenvalue weighted by Gasteiger charge is -2.38. The zero-order valence-electron chi connectivity index (χ0n) is 20.0. The number of benzene rings is 2. The first-order valence-corrected chi connectivity index (χ1v) is 12.5. The Bertz CT molecular complexity index is 994. The van der Waals surface area contributed by atoms with Gasteiger partial charge in [0.2, 0.25) is 11.8 Å². The number of thiol groups is 1. The van der Waals surface area contributed by atoms with Crippen LogP contribution < -0.4 is 15.4 Å². The zero-order valence-corrected chi connectivity index (χ0v) is 20.9. The third-order valence-electron chi connectivity index (χ3n) is 6.34. The van der Waals surface area contributed by atoms with Gasteiger partial charge in [-0.1, -0.05) is 30.3 Å². The lowest BCUT2D eigenvalue weighted by atomic mass is 9.73. The molecule has 0 unspecified atom stereocenters. The number of ether oxygens (including phenoxy) is 2. The van der Waals surface area contributed by atoms with Crippen LogP contribution in [0.1, 0.15) is 38.2 Å². The molecule has 2 N–H and O–H groups in total. The van der Waals surface area contributed by atoms with E-state index in [1.807, 2.05) is 37.3 Å². The normalized spacial score (nSPS) is 20.9. The Morgan fingerprint density at radius 3 is 2.28 bits per heavy atom. The maximum atomic E-state index is 13.4. The summed E-state index contributed by atoms with van der Waals surface area (Å²) < 4.78 is 46.8. The van der Waals surface area contributed by atoms with Crippen molar-refractivity contribution >= 4 is 30.1 Å². The number of anilines is 1. The maximum absolute atomic E-state index is 13.4. The van der Waals surface area contributed by atoms with Crippen molar-refractivity contribution in [1.82, 2.24) is 5.32 Å². The van der Waals surface area contributed by atoms with Crippen LogP contribution >= 0.6 is 12.6 Å². The topological polar surface area (TPSA) is 76.7 Å². The number of hydrogen-bond donors (Lipinski definition) is 3. The van der Waals surface area contributed by atoms with Gasteiger partial charge in [-0.25, -0.2) is 0 Å². The van der Waals surface area contributed by atoms with Crippen LogP contribution in [0.25, 0.3) is 0 Å². The highest BCUT2D eigenvalue weighted by Crippen LogP contribution is 2.39. The van der Waals surface area contributed by atoms with E-state index in [-0.39, 0.29) is 24.1 Å². The van der Waals surface area contributed by atoms with Crippen LogP contribution in [0.15, 0.2) is 54.6 Å². The lowest BCUT2D eigenvalue weighted by molar-refractivity contribution is -0.274. The first-order valence-electron chi connectivity index (χ1n) is 11.9. The van der Waals surface area contributed by atoms with Gasteiger partial charge in [0, 0.05) is 24.5 Å². The summed E-state index contributed by atoms with van der Waals surface area (Å²) in [6.45, 7) is 2.56. The maximum Gasteiger partial charge on any atom is 0.573 e. The quantitative estimate of drug-likeness (QED) is 0.376. The number of nitrogens with one attached hydrogen (secondary N) is 2. The van der Waals surface area contributed by atoms with Gasteiger partial charge in [0.05, 0.1) is 11.5 Å². The molecule has 0 spiro atoms. The molecule has 1 fully saturated rings. The molecule has 0 radical (unpaired) electrons. The molecule has 1 aliphatic carbocycles. The van der Waals surface area contributed by atoms with E-state index < -0.39 is 29.5 Å². The van der Waals surface area contributed by atoms with Gasteiger partial charge in [0.1, 0.15) is 11.8 Å². The van der Waals surface area contributed by atoms with Crippen molar-refractivity contribution in [1.29, 1.82) is 0 Å². The highest BCUT2D eigenvalue weighted by Gasteiger charge is 2.42. The van der Waals surface area contributed by atoms with E-state index >= 15 is 0 Å². The fourth-order valence-electron chi connectivity index (χ4n) is 4.34. The second kappa shape index (κ2) is 12.5. The second-order valence-corrected chi connectivity index (χ2v) is 9.19. The van der Waals surface area contributed by atoms with E-state index in [1.165, 1.54) is 12.1 Å². The summed E-state index contributed by atoms with van der Waals surface area (Å²) in [7, 11) is 0. The molecule has 1 saturated carbocycles. The Labute approximate surface area is 214 Å². The van der Waals surface area contributed by atoms with Crippen molar-refractivity contribution in [2.45, 2.75) is 57.5 Å². The predicted molar refractivity (Wildman–Crippen MR) is 134 cm³/mol. The number of halogens is 3. The highest BCUT2D eigenvalue weighted by molar-refractivity contribution is 7.80. The highest BCUT2D eigenvalue weighted by atomic mass is 32.1. The first-order chi connectivity index (χ1) is 17.1. The fraction of sp³-hybridized carbons (Fsp3) is 0.462. The molecule has 2 aromatic rings. The Hall–Kier alpha value is -2.72. The monoisotopic (exact) mass is 524 g/mol. The van der Waals surface area contributed by atoms with Gasteiger partial charge in [0.15, 0.2) is 0 Å². The molecule has 6 nitrogen and oxygen atoms in total. The summed E-state index contributed by atoms with van der Waals surface area (Å²) in [5.41, 5.74) is 0.428. The molecule has 2 amide bonds. The molecule has 3 rings (SSSR count). The van der Waals surface area contributed by atoms with E-state index in [0.29, 0.717) is 25.2 Å². The number of amides is 2. The van der Waals surface area contributed by atoms with Crippen molar-refractivity contribution in [3.63, 3.8) is 0 Å². The molecule has 0 bridgehead atoms. The molecule has 0 saturated heterocycles. The van der Waals surface area contributed by atoms with Gasteiger partial charge in [-0.2, -0.15) is 12.6 Å². The first kappa shape index (κ1) is 27.9. The van der Waals surface area contributed by atoms with Crippen molar-refractivity contribution in [3.8, 4) is 5.75 Å². The van der Waals surface area contributed by atoms with Crippen molar-refractivity contribution < 1.29 is 32.2 Å². The molecule has 0 aromatic heterocycles. The summed E-state index contributed by atoms with van der Waals surface area (Å²) in [4.78, 5) is 26.6. The van der Waals surface area contributed by atoms with Crippen LogP contribution in [0.2, 0.25) is 0 Å². The molecule has 196 valence electrons. The number of alkyl halides is 3. The van der Waals surface area contributed by atoms with E-state index in [4.69, 9.17) is 4.74 Å². The minimum atomic E-state index is -4.80. The molecular formula is C26H31F3N2O4S.